The third-order valence-electron chi connectivity index (χ3n) is 3.10. The minimum absolute atomic E-state index is 0.266. The lowest BCUT2D eigenvalue weighted by Crippen LogP contribution is -2.33. The van der Waals surface area contributed by atoms with Gasteiger partial charge >= 0.3 is 12.1 Å². The van der Waals surface area contributed by atoms with E-state index in [1.165, 1.54) is 6.92 Å². The molecular weight excluding hydrogens is 339 g/mol. The maximum absolute atomic E-state index is 12.8. The van der Waals surface area contributed by atoms with Gasteiger partial charge in [0.15, 0.2) is 0 Å². The van der Waals surface area contributed by atoms with Crippen LogP contribution in [0.2, 0.25) is 0 Å². The molecule has 10 heteroatoms. The van der Waals surface area contributed by atoms with Gasteiger partial charge in [-0.1, -0.05) is 6.92 Å². The van der Waals surface area contributed by atoms with Crippen LogP contribution in [0.3, 0.4) is 0 Å². The van der Waals surface area contributed by atoms with Crippen LogP contribution >= 0.6 is 0 Å². The first kappa shape index (κ1) is 19.2. The Morgan fingerprint density at radius 2 is 1.91 bits per heavy atom. The summed E-state index contributed by atoms with van der Waals surface area (Å²) in [5, 5.41) is 8.81. The van der Waals surface area contributed by atoms with Gasteiger partial charge in [-0.2, -0.15) is 13.2 Å². The number of ether oxygens (including phenoxy) is 1. The zero-order valence-electron chi connectivity index (χ0n) is 12.6. The Morgan fingerprint density at radius 3 is 2.35 bits per heavy atom. The fraction of sp³-hybridized carbons (Fsp3) is 0.462. The number of carboxylic acid groups (broad SMARTS) is 1. The third-order valence-corrected chi connectivity index (χ3v) is 4.90. The first-order chi connectivity index (χ1) is 10.4. The second kappa shape index (κ2) is 6.75. The molecule has 130 valence electrons. The number of halogens is 3. The molecule has 1 rings (SSSR count). The number of hydrogen-bond acceptors (Lipinski definition) is 4. The summed E-state index contributed by atoms with van der Waals surface area (Å²) < 4.78 is 68.6. The van der Waals surface area contributed by atoms with E-state index in [0.29, 0.717) is 16.4 Å². The van der Waals surface area contributed by atoms with Gasteiger partial charge in [0, 0.05) is 19.7 Å². The molecule has 0 aliphatic carbocycles. The molecule has 1 atom stereocenters. The highest BCUT2D eigenvalue weighted by atomic mass is 32.2. The highest BCUT2D eigenvalue weighted by Crippen LogP contribution is 2.34. The standard InChI is InChI=1S/C13H16F3NO5S/c1-8(12(18)19)7-17(2)23(20,21)11-5-9(13(14,15)16)4-10(6-11)22-3/h4-6,8H,7H2,1-3H3,(H,18,19). The molecule has 0 heterocycles. The molecule has 1 N–H and O–H groups in total. The lowest BCUT2D eigenvalue weighted by molar-refractivity contribution is -0.141. The summed E-state index contributed by atoms with van der Waals surface area (Å²) in [6, 6.07) is 2.12. The molecule has 0 fully saturated rings. The van der Waals surface area contributed by atoms with Gasteiger partial charge < -0.3 is 9.84 Å². The minimum Gasteiger partial charge on any atom is -0.497 e. The number of sulfonamides is 1. The van der Waals surface area contributed by atoms with Crippen molar-refractivity contribution in [2.45, 2.75) is 18.0 Å². The predicted octanol–water partition coefficient (Wildman–Crippen LogP) is 2.06. The van der Waals surface area contributed by atoms with Gasteiger partial charge in [-0.25, -0.2) is 12.7 Å². The van der Waals surface area contributed by atoms with E-state index >= 15 is 0 Å². The Labute approximate surface area is 131 Å². The second-order valence-electron chi connectivity index (χ2n) is 4.92. The van der Waals surface area contributed by atoms with Gasteiger partial charge in [-0.15, -0.1) is 0 Å². The molecule has 0 bridgehead atoms. The summed E-state index contributed by atoms with van der Waals surface area (Å²) >= 11 is 0. The van der Waals surface area contributed by atoms with Crippen molar-refractivity contribution >= 4 is 16.0 Å². The average molecular weight is 355 g/mol. The molecule has 0 aliphatic rings. The number of nitrogens with zero attached hydrogens (tertiary/aromatic N) is 1. The van der Waals surface area contributed by atoms with E-state index < -0.39 is 38.5 Å². The van der Waals surface area contributed by atoms with Crippen molar-refractivity contribution in [3.63, 3.8) is 0 Å². The van der Waals surface area contributed by atoms with E-state index in [9.17, 15) is 26.4 Å². The Bertz CT molecular complexity index is 687. The van der Waals surface area contributed by atoms with Crippen molar-refractivity contribution in [3.05, 3.63) is 23.8 Å². The normalized spacial score (nSPS) is 13.9. The molecule has 0 spiro atoms. The molecule has 23 heavy (non-hydrogen) atoms. The summed E-state index contributed by atoms with van der Waals surface area (Å²) in [5.74, 6) is -2.49. The van der Waals surface area contributed by atoms with Crippen LogP contribution in [0.5, 0.6) is 5.75 Å². The molecule has 0 aliphatic heterocycles. The summed E-state index contributed by atoms with van der Waals surface area (Å²) in [5.41, 5.74) is -1.17. The van der Waals surface area contributed by atoms with E-state index in [1.807, 2.05) is 0 Å². The van der Waals surface area contributed by atoms with Crippen LogP contribution < -0.4 is 4.74 Å². The van der Waals surface area contributed by atoms with Gasteiger partial charge in [0.05, 0.1) is 23.5 Å². The zero-order valence-corrected chi connectivity index (χ0v) is 13.4. The summed E-state index contributed by atoms with van der Waals surface area (Å²) in [4.78, 5) is 10.2. The lowest BCUT2D eigenvalue weighted by atomic mass is 10.2. The van der Waals surface area contributed by atoms with Gasteiger partial charge in [-0.3, -0.25) is 4.79 Å². The number of methoxy groups -OCH3 is 1. The van der Waals surface area contributed by atoms with Crippen LogP contribution in [0.4, 0.5) is 13.2 Å². The van der Waals surface area contributed by atoms with Gasteiger partial charge in [0.2, 0.25) is 10.0 Å². The smallest absolute Gasteiger partial charge is 0.416 e. The maximum Gasteiger partial charge on any atom is 0.416 e. The summed E-state index contributed by atoms with van der Waals surface area (Å²) in [6.07, 6.45) is -4.74. The van der Waals surface area contributed by atoms with Crippen molar-refractivity contribution < 1.29 is 36.2 Å². The highest BCUT2D eigenvalue weighted by molar-refractivity contribution is 7.89. The van der Waals surface area contributed by atoms with Gasteiger partial charge in [0.1, 0.15) is 5.75 Å². The first-order valence-electron chi connectivity index (χ1n) is 6.35. The van der Waals surface area contributed by atoms with Gasteiger partial charge in [-0.05, 0) is 12.1 Å². The topological polar surface area (TPSA) is 83.9 Å². The van der Waals surface area contributed by atoms with E-state index in [4.69, 9.17) is 9.84 Å². The second-order valence-corrected chi connectivity index (χ2v) is 6.96. The van der Waals surface area contributed by atoms with Crippen LogP contribution in [-0.4, -0.2) is 44.5 Å². The molecule has 1 aromatic rings. The van der Waals surface area contributed by atoms with E-state index in [2.05, 4.69) is 0 Å². The molecule has 0 saturated carbocycles. The van der Waals surface area contributed by atoms with Crippen molar-refractivity contribution in [1.82, 2.24) is 4.31 Å². The highest BCUT2D eigenvalue weighted by Gasteiger charge is 2.34. The van der Waals surface area contributed by atoms with Crippen molar-refractivity contribution in [3.8, 4) is 5.75 Å². The average Bonchev–Trinajstić information content (AvgIpc) is 2.45. The van der Waals surface area contributed by atoms with Crippen LogP contribution in [0.15, 0.2) is 23.1 Å². The Kier molecular flexibility index (Phi) is 5.65. The van der Waals surface area contributed by atoms with Crippen LogP contribution in [0, 0.1) is 5.92 Å². The monoisotopic (exact) mass is 355 g/mol. The predicted molar refractivity (Wildman–Crippen MR) is 74.6 cm³/mol. The summed E-state index contributed by atoms with van der Waals surface area (Å²) in [6.45, 7) is 0.914. The SMILES string of the molecule is COc1cc(C(F)(F)F)cc(S(=O)(=O)N(C)CC(C)C(=O)O)c1. The Balaban J connectivity index is 3.29. The van der Waals surface area contributed by atoms with E-state index in [1.54, 1.807) is 0 Å². The van der Waals surface area contributed by atoms with Crippen LogP contribution in [-0.2, 0) is 21.0 Å². The first-order valence-corrected chi connectivity index (χ1v) is 7.79. The molecule has 0 radical (unpaired) electrons. The summed E-state index contributed by atoms with van der Waals surface area (Å²) in [7, 11) is -2.08. The van der Waals surface area contributed by atoms with Crippen LogP contribution in [0.25, 0.3) is 0 Å². The number of aliphatic carboxylic acids is 1. The Hall–Kier alpha value is -1.81. The maximum atomic E-state index is 12.8. The fourth-order valence-electron chi connectivity index (χ4n) is 1.74. The third kappa shape index (κ3) is 4.58. The van der Waals surface area contributed by atoms with E-state index in [-0.39, 0.29) is 12.3 Å². The minimum atomic E-state index is -4.74. The van der Waals surface area contributed by atoms with Crippen molar-refractivity contribution in [1.29, 1.82) is 0 Å². The van der Waals surface area contributed by atoms with Crippen molar-refractivity contribution in [2.75, 3.05) is 20.7 Å². The van der Waals surface area contributed by atoms with Gasteiger partial charge in [0.25, 0.3) is 0 Å². The molecule has 1 unspecified atom stereocenters. The molecule has 0 saturated heterocycles. The lowest BCUT2D eigenvalue weighted by Gasteiger charge is -2.20. The van der Waals surface area contributed by atoms with E-state index in [0.717, 1.165) is 20.2 Å². The van der Waals surface area contributed by atoms with Crippen LogP contribution in [0.1, 0.15) is 12.5 Å². The van der Waals surface area contributed by atoms with Crippen molar-refractivity contribution in [2.24, 2.45) is 5.92 Å². The molecule has 0 aromatic heterocycles. The fourth-order valence-corrected chi connectivity index (χ4v) is 3.06. The Morgan fingerprint density at radius 1 is 1.35 bits per heavy atom. The quantitative estimate of drug-likeness (QED) is 0.844. The molecule has 6 nitrogen and oxygen atoms in total. The number of alkyl halides is 3. The number of benzene rings is 1. The largest absolute Gasteiger partial charge is 0.497 e. The molecular formula is C13H16F3NO5S. The molecule has 1 aromatic carbocycles. The zero-order chi connectivity index (χ0) is 18.0. The number of rotatable bonds is 6. The molecule has 0 amide bonds. The number of carboxylic acids is 1. The number of hydrogen-bond donors (Lipinski definition) is 1. The number of carbonyl (C=O) groups is 1.